The molecule has 0 aliphatic carbocycles. The lowest BCUT2D eigenvalue weighted by Crippen LogP contribution is -2.06. The maximum atomic E-state index is 12.5. The average Bonchev–Trinajstić information content (AvgIpc) is 2.67. The number of para-hydroxylation sites is 1. The van der Waals surface area contributed by atoms with E-state index in [0.717, 1.165) is 11.3 Å². The number of ether oxygens (including phenoxy) is 4. The molecule has 26 heavy (non-hydrogen) atoms. The van der Waals surface area contributed by atoms with Crippen LogP contribution < -0.4 is 14.2 Å². The van der Waals surface area contributed by atoms with Crippen molar-refractivity contribution >= 4 is 11.9 Å². The first-order chi connectivity index (χ1) is 12.7. The van der Waals surface area contributed by atoms with Gasteiger partial charge in [0.05, 0.1) is 20.3 Å². The zero-order valence-electron chi connectivity index (χ0n) is 15.4. The molecule has 0 N–H and O–H groups in total. The van der Waals surface area contributed by atoms with E-state index in [-0.39, 0.29) is 5.78 Å². The van der Waals surface area contributed by atoms with Crippen molar-refractivity contribution in [2.75, 3.05) is 34.0 Å². The zero-order valence-corrected chi connectivity index (χ0v) is 15.4. The molecule has 0 atom stereocenters. The van der Waals surface area contributed by atoms with Gasteiger partial charge in [0.2, 0.25) is 0 Å². The number of benzene rings is 2. The van der Waals surface area contributed by atoms with Crippen LogP contribution >= 0.6 is 0 Å². The topological polar surface area (TPSA) is 54.0 Å². The van der Waals surface area contributed by atoms with E-state index < -0.39 is 0 Å². The van der Waals surface area contributed by atoms with Gasteiger partial charge in [0.15, 0.2) is 17.3 Å². The molecule has 2 aromatic carbocycles. The Labute approximate surface area is 154 Å². The SMILES string of the molecule is CCOc1ccccc1/C=C/C(=O)c1ccc(OCCOC)c(OC)c1. The summed E-state index contributed by atoms with van der Waals surface area (Å²) in [6, 6.07) is 12.7. The summed E-state index contributed by atoms with van der Waals surface area (Å²) >= 11 is 0. The van der Waals surface area contributed by atoms with Crippen LogP contribution in [-0.4, -0.2) is 39.8 Å². The molecule has 2 rings (SSSR count). The molecule has 5 heteroatoms. The summed E-state index contributed by atoms with van der Waals surface area (Å²) in [7, 11) is 3.15. The molecule has 138 valence electrons. The first kappa shape index (κ1) is 19.5. The molecule has 0 aromatic heterocycles. The molecular formula is C21H24O5. The van der Waals surface area contributed by atoms with Gasteiger partial charge in [0, 0.05) is 18.2 Å². The molecule has 0 saturated heterocycles. The molecule has 0 radical (unpaired) electrons. The quantitative estimate of drug-likeness (QED) is 0.366. The standard InChI is InChI=1S/C21H24O5/c1-4-25-19-8-6-5-7-16(19)9-11-18(22)17-10-12-20(21(15-17)24-3)26-14-13-23-2/h5-12,15H,4,13-14H2,1-3H3/b11-9+. The number of rotatable bonds is 10. The Kier molecular flexibility index (Phi) is 7.71. The maximum Gasteiger partial charge on any atom is 0.185 e. The summed E-state index contributed by atoms with van der Waals surface area (Å²) < 4.78 is 21.4. The van der Waals surface area contributed by atoms with Gasteiger partial charge in [-0.25, -0.2) is 0 Å². The third-order valence-corrected chi connectivity index (χ3v) is 3.63. The second kappa shape index (κ2) is 10.3. The van der Waals surface area contributed by atoms with E-state index in [1.54, 1.807) is 38.5 Å². The highest BCUT2D eigenvalue weighted by Crippen LogP contribution is 2.28. The van der Waals surface area contributed by atoms with Crippen molar-refractivity contribution < 1.29 is 23.7 Å². The maximum absolute atomic E-state index is 12.5. The van der Waals surface area contributed by atoms with Crippen molar-refractivity contribution in [1.82, 2.24) is 0 Å². The molecule has 0 heterocycles. The van der Waals surface area contributed by atoms with Gasteiger partial charge in [-0.2, -0.15) is 0 Å². The first-order valence-electron chi connectivity index (χ1n) is 8.43. The summed E-state index contributed by atoms with van der Waals surface area (Å²) in [6.07, 6.45) is 3.28. The van der Waals surface area contributed by atoms with Crippen LogP contribution in [0.4, 0.5) is 0 Å². The Morgan fingerprint density at radius 1 is 0.962 bits per heavy atom. The van der Waals surface area contributed by atoms with E-state index in [2.05, 4.69) is 0 Å². The van der Waals surface area contributed by atoms with Crippen LogP contribution in [0, 0.1) is 0 Å². The van der Waals surface area contributed by atoms with Gasteiger partial charge < -0.3 is 18.9 Å². The molecule has 5 nitrogen and oxygen atoms in total. The van der Waals surface area contributed by atoms with Gasteiger partial charge in [0.1, 0.15) is 12.4 Å². The minimum Gasteiger partial charge on any atom is -0.493 e. The highest BCUT2D eigenvalue weighted by atomic mass is 16.5. The predicted molar refractivity (Wildman–Crippen MR) is 101 cm³/mol. The molecule has 0 bridgehead atoms. The van der Waals surface area contributed by atoms with Crippen LogP contribution in [0.25, 0.3) is 6.08 Å². The van der Waals surface area contributed by atoms with Gasteiger partial charge in [-0.15, -0.1) is 0 Å². The fourth-order valence-corrected chi connectivity index (χ4v) is 2.34. The van der Waals surface area contributed by atoms with Gasteiger partial charge in [-0.3, -0.25) is 4.79 Å². The highest BCUT2D eigenvalue weighted by molar-refractivity contribution is 6.07. The monoisotopic (exact) mass is 356 g/mol. The van der Waals surface area contributed by atoms with Crippen molar-refractivity contribution in [1.29, 1.82) is 0 Å². The summed E-state index contributed by atoms with van der Waals surface area (Å²) in [6.45, 7) is 3.38. The second-order valence-electron chi connectivity index (χ2n) is 5.38. The fourth-order valence-electron chi connectivity index (χ4n) is 2.34. The van der Waals surface area contributed by atoms with Crippen LogP contribution in [0.15, 0.2) is 48.5 Å². The smallest absolute Gasteiger partial charge is 0.185 e. The number of carbonyl (C=O) groups is 1. The molecule has 0 aliphatic heterocycles. The molecule has 0 saturated carbocycles. The zero-order chi connectivity index (χ0) is 18.8. The van der Waals surface area contributed by atoms with Crippen molar-refractivity contribution in [3.05, 3.63) is 59.7 Å². The van der Waals surface area contributed by atoms with Crippen LogP contribution in [0.3, 0.4) is 0 Å². The van der Waals surface area contributed by atoms with Crippen LogP contribution in [0.1, 0.15) is 22.8 Å². The molecule has 2 aromatic rings. The molecule has 0 amide bonds. The average molecular weight is 356 g/mol. The van der Waals surface area contributed by atoms with Crippen LogP contribution in [0.2, 0.25) is 0 Å². The van der Waals surface area contributed by atoms with Gasteiger partial charge >= 0.3 is 0 Å². The number of carbonyl (C=O) groups excluding carboxylic acids is 1. The summed E-state index contributed by atoms with van der Waals surface area (Å²) in [5, 5.41) is 0. The van der Waals surface area contributed by atoms with Gasteiger partial charge in [0.25, 0.3) is 0 Å². The number of ketones is 1. The summed E-state index contributed by atoms with van der Waals surface area (Å²) in [5.41, 5.74) is 1.38. The Hall–Kier alpha value is -2.79. The normalized spacial score (nSPS) is 10.7. The molecular weight excluding hydrogens is 332 g/mol. The third kappa shape index (κ3) is 5.36. The molecule has 0 unspecified atom stereocenters. The number of allylic oxidation sites excluding steroid dienone is 1. The second-order valence-corrected chi connectivity index (χ2v) is 5.38. The lowest BCUT2D eigenvalue weighted by atomic mass is 10.1. The Morgan fingerprint density at radius 2 is 1.77 bits per heavy atom. The molecule has 0 aliphatic rings. The lowest BCUT2D eigenvalue weighted by molar-refractivity contribution is 0.104. The van der Waals surface area contributed by atoms with Crippen molar-refractivity contribution in [2.45, 2.75) is 6.92 Å². The number of hydrogen-bond donors (Lipinski definition) is 0. The summed E-state index contributed by atoms with van der Waals surface area (Å²) in [5.74, 6) is 1.71. The van der Waals surface area contributed by atoms with Crippen LogP contribution in [0.5, 0.6) is 17.2 Å². The van der Waals surface area contributed by atoms with Gasteiger partial charge in [-0.05, 0) is 43.3 Å². The largest absolute Gasteiger partial charge is 0.493 e. The molecule has 0 fully saturated rings. The first-order valence-corrected chi connectivity index (χ1v) is 8.43. The van der Waals surface area contributed by atoms with Gasteiger partial charge in [-0.1, -0.05) is 18.2 Å². The number of hydrogen-bond acceptors (Lipinski definition) is 5. The fraction of sp³-hybridized carbons (Fsp3) is 0.286. The van der Waals surface area contributed by atoms with E-state index in [1.165, 1.54) is 6.08 Å². The van der Waals surface area contributed by atoms with Crippen molar-refractivity contribution in [2.24, 2.45) is 0 Å². The Balaban J connectivity index is 2.14. The van der Waals surface area contributed by atoms with E-state index in [9.17, 15) is 4.79 Å². The lowest BCUT2D eigenvalue weighted by Gasteiger charge is -2.11. The Bertz CT molecular complexity index is 752. The van der Waals surface area contributed by atoms with Crippen LogP contribution in [-0.2, 0) is 4.74 Å². The minimum absolute atomic E-state index is 0.127. The van der Waals surface area contributed by atoms with E-state index in [1.807, 2.05) is 31.2 Å². The van der Waals surface area contributed by atoms with E-state index in [0.29, 0.717) is 36.9 Å². The predicted octanol–water partition coefficient (Wildman–Crippen LogP) is 4.02. The highest BCUT2D eigenvalue weighted by Gasteiger charge is 2.10. The summed E-state index contributed by atoms with van der Waals surface area (Å²) in [4.78, 5) is 12.5. The number of methoxy groups -OCH3 is 2. The van der Waals surface area contributed by atoms with Crippen molar-refractivity contribution in [3.8, 4) is 17.2 Å². The minimum atomic E-state index is -0.127. The molecule has 0 spiro atoms. The van der Waals surface area contributed by atoms with E-state index in [4.69, 9.17) is 18.9 Å². The third-order valence-electron chi connectivity index (χ3n) is 3.63. The Morgan fingerprint density at radius 3 is 2.50 bits per heavy atom. The van der Waals surface area contributed by atoms with Crippen molar-refractivity contribution in [3.63, 3.8) is 0 Å². The van der Waals surface area contributed by atoms with E-state index >= 15 is 0 Å².